The molecule has 2 aliphatic heterocycles. The zero-order chi connectivity index (χ0) is 29.4. The Labute approximate surface area is 255 Å². The second-order valence-electron chi connectivity index (χ2n) is 10.9. The van der Waals surface area contributed by atoms with E-state index in [1.807, 2.05) is 25.1 Å². The fourth-order valence-electron chi connectivity index (χ4n) is 7.12. The van der Waals surface area contributed by atoms with E-state index in [4.69, 9.17) is 27.9 Å². The van der Waals surface area contributed by atoms with Crippen LogP contribution in [0.25, 0.3) is 0 Å². The minimum atomic E-state index is -2.00. The first-order valence-electron chi connectivity index (χ1n) is 13.4. The highest BCUT2D eigenvalue weighted by atomic mass is 79.9. The number of fused-ring (bicyclic) bond motifs is 4. The molecule has 2 aromatic rings. The molecule has 2 heterocycles. The van der Waals surface area contributed by atoms with E-state index in [0.29, 0.717) is 17.0 Å². The highest BCUT2D eigenvalue weighted by Gasteiger charge is 2.76. The first-order chi connectivity index (χ1) is 19.5. The van der Waals surface area contributed by atoms with Crippen LogP contribution < -0.4 is 9.64 Å². The van der Waals surface area contributed by atoms with Crippen LogP contribution in [0.2, 0.25) is 0 Å². The number of carbonyl (C=O) groups excluding carboxylic acids is 4. The number of aryl methyl sites for hydroxylation is 1. The summed E-state index contributed by atoms with van der Waals surface area (Å²) in [6.45, 7) is 2.02. The van der Waals surface area contributed by atoms with Gasteiger partial charge in [0.15, 0.2) is 9.75 Å². The van der Waals surface area contributed by atoms with Crippen molar-refractivity contribution in [3.63, 3.8) is 0 Å². The molecule has 4 aliphatic rings. The highest BCUT2D eigenvalue weighted by molar-refractivity contribution is 9.09. The van der Waals surface area contributed by atoms with E-state index in [9.17, 15) is 24.3 Å². The van der Waals surface area contributed by atoms with Crippen molar-refractivity contribution in [3.8, 4) is 11.5 Å². The molecule has 0 radical (unpaired) electrons. The van der Waals surface area contributed by atoms with Gasteiger partial charge in [-0.05, 0) is 61.1 Å². The normalized spacial score (nSPS) is 32.6. The van der Waals surface area contributed by atoms with Crippen LogP contribution in [0.1, 0.15) is 36.8 Å². The van der Waals surface area contributed by atoms with Crippen LogP contribution in [0.5, 0.6) is 11.5 Å². The van der Waals surface area contributed by atoms with Gasteiger partial charge in [0, 0.05) is 11.5 Å². The molecule has 2 aliphatic carbocycles. The van der Waals surface area contributed by atoms with Crippen molar-refractivity contribution in [2.24, 2.45) is 17.8 Å². The van der Waals surface area contributed by atoms with Gasteiger partial charge in [-0.25, -0.2) is 0 Å². The Morgan fingerprint density at radius 1 is 1.02 bits per heavy atom. The molecule has 3 fully saturated rings. The highest BCUT2D eigenvalue weighted by Crippen LogP contribution is 2.66. The Kier molecular flexibility index (Phi) is 6.79. The molecule has 0 spiro atoms. The number of alkyl halides is 3. The molecule has 0 aromatic heterocycles. The number of aromatic hydroxyl groups is 1. The van der Waals surface area contributed by atoms with Crippen LogP contribution in [-0.2, 0) is 25.6 Å². The van der Waals surface area contributed by atoms with E-state index in [0.717, 1.165) is 16.9 Å². The van der Waals surface area contributed by atoms with Gasteiger partial charge in [0.05, 0.1) is 30.1 Å². The summed E-state index contributed by atoms with van der Waals surface area (Å²) in [6.07, 6.45) is 2.76. The first-order valence-corrected chi connectivity index (χ1v) is 15.2. The zero-order valence-corrected chi connectivity index (χ0v) is 25.4. The Morgan fingerprint density at radius 3 is 2.37 bits per heavy atom. The molecule has 4 amide bonds. The summed E-state index contributed by atoms with van der Waals surface area (Å²) in [6, 6.07) is 11.8. The lowest BCUT2D eigenvalue weighted by Gasteiger charge is -2.50. The van der Waals surface area contributed by atoms with Gasteiger partial charge < -0.3 is 9.84 Å². The molecule has 0 bridgehead atoms. The van der Waals surface area contributed by atoms with Gasteiger partial charge in [-0.2, -0.15) is 0 Å². The van der Waals surface area contributed by atoms with Crippen LogP contribution in [0, 0.1) is 17.8 Å². The van der Waals surface area contributed by atoms with E-state index in [1.165, 1.54) is 18.1 Å². The van der Waals surface area contributed by atoms with Crippen LogP contribution in [-0.4, -0.2) is 55.9 Å². The van der Waals surface area contributed by atoms with Crippen LogP contribution in [0.3, 0.4) is 0 Å². The molecule has 41 heavy (non-hydrogen) atoms. The van der Waals surface area contributed by atoms with E-state index >= 15 is 0 Å². The number of allylic oxidation sites excluding steroid dienone is 2. The van der Waals surface area contributed by atoms with E-state index in [2.05, 4.69) is 15.9 Å². The van der Waals surface area contributed by atoms with Gasteiger partial charge in [0.2, 0.25) is 11.8 Å². The topological polar surface area (TPSA) is 104 Å². The smallest absolute Gasteiger partial charge is 0.254 e. The number of phenolic OH excluding ortho intramolecular Hbond substituents is 1. The molecule has 6 atom stereocenters. The Morgan fingerprint density at radius 2 is 1.73 bits per heavy atom. The van der Waals surface area contributed by atoms with Crippen molar-refractivity contribution in [2.45, 2.75) is 41.9 Å². The maximum atomic E-state index is 14.1. The molecule has 2 saturated heterocycles. The molecular weight excluding hydrogens is 635 g/mol. The molecule has 11 heteroatoms. The molecule has 1 N–H and O–H groups in total. The fraction of sp³-hybridized carbons (Fsp3) is 0.400. The molecule has 214 valence electrons. The Bertz CT molecular complexity index is 1530. The molecule has 2 aromatic carbocycles. The summed E-state index contributed by atoms with van der Waals surface area (Å²) in [4.78, 5) is 53.6. The number of halogens is 3. The predicted molar refractivity (Wildman–Crippen MR) is 156 cm³/mol. The lowest BCUT2D eigenvalue weighted by atomic mass is 9.56. The summed E-state index contributed by atoms with van der Waals surface area (Å²) in [5.41, 5.74) is 2.28. The molecule has 1 saturated carbocycles. The lowest BCUT2D eigenvalue weighted by molar-refractivity contribution is -0.138. The summed E-state index contributed by atoms with van der Waals surface area (Å²) < 4.78 is 5.39. The van der Waals surface area contributed by atoms with Gasteiger partial charge in [-0.1, -0.05) is 46.6 Å². The monoisotopic (exact) mass is 660 g/mol. The number of anilines is 1. The number of ether oxygens (including phenoxy) is 1. The third-order valence-corrected chi connectivity index (χ3v) is 11.1. The zero-order valence-electron chi connectivity index (χ0n) is 22.3. The number of hydrogen-bond acceptors (Lipinski definition) is 6. The molecule has 6 rings (SSSR count). The third-order valence-electron chi connectivity index (χ3n) is 9.16. The van der Waals surface area contributed by atoms with Crippen LogP contribution in [0.15, 0.2) is 54.1 Å². The average molecular weight is 662 g/mol. The number of likely N-dealkylation sites (tertiary alicyclic amines) is 1. The number of rotatable bonds is 5. The number of methoxy groups -OCH3 is 1. The number of carbonyl (C=O) groups is 4. The summed E-state index contributed by atoms with van der Waals surface area (Å²) >= 11 is 17.6. The van der Waals surface area contributed by atoms with Gasteiger partial charge in [-0.15, -0.1) is 23.2 Å². The average Bonchev–Trinajstić information content (AvgIpc) is 3.31. The summed E-state index contributed by atoms with van der Waals surface area (Å²) in [7, 11) is 1.47. The van der Waals surface area contributed by atoms with E-state index < -0.39 is 45.2 Å². The third kappa shape index (κ3) is 3.71. The number of benzene rings is 2. The number of hydrogen-bond donors (Lipinski definition) is 1. The number of nitrogens with zero attached hydrogens (tertiary/aromatic N) is 2. The van der Waals surface area contributed by atoms with Gasteiger partial charge >= 0.3 is 0 Å². The second-order valence-corrected chi connectivity index (χ2v) is 12.7. The van der Waals surface area contributed by atoms with Crippen molar-refractivity contribution >= 4 is 68.4 Å². The maximum absolute atomic E-state index is 14.1. The van der Waals surface area contributed by atoms with E-state index in [-0.39, 0.29) is 41.4 Å². The molecular formula is C30H27BrCl2N2O6. The number of phenols is 1. The van der Waals surface area contributed by atoms with Crippen molar-refractivity contribution in [1.82, 2.24) is 4.90 Å². The Balaban J connectivity index is 1.52. The largest absolute Gasteiger partial charge is 0.508 e. The van der Waals surface area contributed by atoms with Gasteiger partial charge in [0.1, 0.15) is 11.5 Å². The van der Waals surface area contributed by atoms with Crippen molar-refractivity contribution in [2.75, 3.05) is 17.5 Å². The fourth-order valence-corrected chi connectivity index (χ4v) is 8.54. The van der Waals surface area contributed by atoms with E-state index in [1.54, 1.807) is 24.3 Å². The summed E-state index contributed by atoms with van der Waals surface area (Å²) in [5, 5.41) is 11.0. The predicted octanol–water partition coefficient (Wildman–Crippen LogP) is 4.88. The molecule has 8 nitrogen and oxygen atoms in total. The maximum Gasteiger partial charge on any atom is 0.254 e. The second kappa shape index (κ2) is 9.85. The lowest BCUT2D eigenvalue weighted by Crippen LogP contribution is -2.60. The van der Waals surface area contributed by atoms with Crippen LogP contribution in [0.4, 0.5) is 5.69 Å². The minimum Gasteiger partial charge on any atom is -0.508 e. The minimum absolute atomic E-state index is 0.123. The van der Waals surface area contributed by atoms with Crippen molar-refractivity contribution < 1.29 is 29.0 Å². The van der Waals surface area contributed by atoms with Gasteiger partial charge in [0.25, 0.3) is 11.8 Å². The standard InChI is InChI=1S/C30H27BrCl2N2O6/c1-3-15-4-6-16(7-5-15)35-25(37)19-10-9-18-21(23(19)26(35)38)13-29(32)27(39)34(14-31)28(40)30(29,33)24(18)20-12-17(41-2)8-11-22(20)36/h4-9,11-12,19,21,23-24,36H,3,10,13-14H2,1-2H3. The number of amides is 4. The van der Waals surface area contributed by atoms with Crippen LogP contribution >= 0.6 is 39.1 Å². The van der Waals surface area contributed by atoms with Crippen molar-refractivity contribution in [1.29, 1.82) is 0 Å². The van der Waals surface area contributed by atoms with Crippen molar-refractivity contribution in [3.05, 3.63) is 65.2 Å². The Hall–Kier alpha value is -2.88. The molecule has 6 unspecified atom stereocenters. The number of imide groups is 2. The SMILES string of the molecule is CCc1ccc(N2C(=O)C3CC=C4C(CC5(Cl)C(=O)N(CBr)C(=O)C5(Cl)C4c4cc(OC)ccc4O)C3C2=O)cc1. The first kappa shape index (κ1) is 28.2. The quantitative estimate of drug-likeness (QED) is 0.212. The van der Waals surface area contributed by atoms with Gasteiger partial charge in [-0.3, -0.25) is 29.0 Å². The summed E-state index contributed by atoms with van der Waals surface area (Å²) in [5.74, 6) is -5.09.